The van der Waals surface area contributed by atoms with Crippen LogP contribution in [0.5, 0.6) is 0 Å². The maximum absolute atomic E-state index is 12.6. The first-order valence-corrected chi connectivity index (χ1v) is 9.36. The summed E-state index contributed by atoms with van der Waals surface area (Å²) in [5.74, 6) is 1.81. The van der Waals surface area contributed by atoms with Gasteiger partial charge in [-0.2, -0.15) is 10.1 Å². The second kappa shape index (κ2) is 6.04. The molecule has 7 nitrogen and oxygen atoms in total. The van der Waals surface area contributed by atoms with Crippen molar-refractivity contribution >= 4 is 5.91 Å². The van der Waals surface area contributed by atoms with Crippen molar-refractivity contribution in [3.8, 4) is 11.5 Å². The van der Waals surface area contributed by atoms with Crippen molar-refractivity contribution in [1.29, 1.82) is 0 Å². The first kappa shape index (κ1) is 16.2. The van der Waals surface area contributed by atoms with Crippen LogP contribution in [0.15, 0.2) is 28.9 Å². The van der Waals surface area contributed by atoms with Crippen molar-refractivity contribution in [1.82, 2.24) is 25.2 Å². The third-order valence-corrected chi connectivity index (χ3v) is 5.64. The monoisotopic (exact) mass is 363 g/mol. The largest absolute Gasteiger partial charge is 0.345 e. The zero-order chi connectivity index (χ0) is 18.5. The summed E-state index contributed by atoms with van der Waals surface area (Å²) >= 11 is 0. The predicted octanol–water partition coefficient (Wildman–Crippen LogP) is 3.07. The average Bonchev–Trinajstić information content (AvgIpc) is 3.11. The van der Waals surface area contributed by atoms with Gasteiger partial charge in [-0.25, -0.2) is 0 Å². The molecule has 5 rings (SSSR count). The van der Waals surface area contributed by atoms with Crippen molar-refractivity contribution in [3.63, 3.8) is 0 Å². The molecule has 138 valence electrons. The summed E-state index contributed by atoms with van der Waals surface area (Å²) in [6.07, 6.45) is 5.74. The van der Waals surface area contributed by atoms with Crippen LogP contribution < -0.4 is 5.32 Å². The van der Waals surface area contributed by atoms with Gasteiger partial charge in [0.15, 0.2) is 5.82 Å². The van der Waals surface area contributed by atoms with E-state index in [-0.39, 0.29) is 11.9 Å². The standard InChI is InChI=1S/C20H21N5O2/c1-11-16(10-21-25(11)2)19(26)22-17-8-6-13-9-14(5-7-15(13)17)20-23-18(24-27-20)12-3-4-12/h5,7,9-10,12,17H,3-4,6,8H2,1-2H3,(H,22,26)/t17-/m1/s1. The molecule has 0 bridgehead atoms. The second-order valence-corrected chi connectivity index (χ2v) is 7.48. The summed E-state index contributed by atoms with van der Waals surface area (Å²) in [7, 11) is 1.84. The number of carbonyl (C=O) groups excluding carboxylic acids is 1. The molecule has 0 saturated heterocycles. The average molecular weight is 363 g/mol. The van der Waals surface area contributed by atoms with E-state index in [1.807, 2.05) is 20.0 Å². The fourth-order valence-corrected chi connectivity index (χ4v) is 3.72. The van der Waals surface area contributed by atoms with Crippen LogP contribution in [-0.2, 0) is 13.5 Å². The number of carbonyl (C=O) groups is 1. The molecule has 2 aliphatic rings. The number of hydrogen-bond donors (Lipinski definition) is 1. The molecule has 1 saturated carbocycles. The number of benzene rings is 1. The highest BCUT2D eigenvalue weighted by Gasteiger charge is 2.30. The van der Waals surface area contributed by atoms with Crippen LogP contribution in [0.4, 0.5) is 0 Å². The van der Waals surface area contributed by atoms with Crippen molar-refractivity contribution in [2.45, 2.75) is 44.6 Å². The normalized spacial score (nSPS) is 18.5. The summed E-state index contributed by atoms with van der Waals surface area (Å²) in [5.41, 5.74) is 4.83. The first-order valence-electron chi connectivity index (χ1n) is 9.36. The molecule has 0 radical (unpaired) electrons. The molecule has 1 atom stereocenters. The van der Waals surface area contributed by atoms with Gasteiger partial charge < -0.3 is 9.84 Å². The molecule has 1 N–H and O–H groups in total. The maximum atomic E-state index is 12.6. The highest BCUT2D eigenvalue weighted by atomic mass is 16.5. The Hall–Kier alpha value is -2.96. The first-order chi connectivity index (χ1) is 13.1. The van der Waals surface area contributed by atoms with Gasteiger partial charge in [-0.3, -0.25) is 9.48 Å². The molecule has 1 amide bonds. The van der Waals surface area contributed by atoms with Gasteiger partial charge >= 0.3 is 0 Å². The molecule has 2 aliphatic carbocycles. The molecule has 7 heteroatoms. The Balaban J connectivity index is 1.36. The van der Waals surface area contributed by atoms with Crippen LogP contribution in [0, 0.1) is 6.92 Å². The lowest BCUT2D eigenvalue weighted by molar-refractivity contribution is 0.0936. The molecule has 1 fully saturated rings. The number of nitrogens with one attached hydrogen (secondary N) is 1. The third-order valence-electron chi connectivity index (χ3n) is 5.64. The molecule has 2 heterocycles. The van der Waals surface area contributed by atoms with Crippen LogP contribution in [0.3, 0.4) is 0 Å². The summed E-state index contributed by atoms with van der Waals surface area (Å²) in [5, 5.41) is 11.4. The van der Waals surface area contributed by atoms with Crippen molar-refractivity contribution < 1.29 is 9.32 Å². The number of aryl methyl sites for hydroxylation is 2. The van der Waals surface area contributed by atoms with Crippen LogP contribution in [-0.4, -0.2) is 25.8 Å². The van der Waals surface area contributed by atoms with Gasteiger partial charge in [0, 0.05) is 24.2 Å². The molecule has 1 aromatic carbocycles. The van der Waals surface area contributed by atoms with E-state index in [1.165, 1.54) is 5.56 Å². The lowest BCUT2D eigenvalue weighted by atomic mass is 10.0. The predicted molar refractivity (Wildman–Crippen MR) is 98.2 cm³/mol. The number of aromatic nitrogens is 4. The Kier molecular flexibility index (Phi) is 3.63. The Labute approximate surface area is 156 Å². The van der Waals surface area contributed by atoms with Crippen LogP contribution in [0.2, 0.25) is 0 Å². The highest BCUT2D eigenvalue weighted by Crippen LogP contribution is 2.39. The fraction of sp³-hybridized carbons (Fsp3) is 0.400. The molecular weight excluding hydrogens is 342 g/mol. The molecule has 0 spiro atoms. The SMILES string of the molecule is Cc1c(C(=O)N[C@@H]2CCc3cc(-c4nc(C5CC5)no4)ccc32)cnn1C. The van der Waals surface area contributed by atoms with E-state index in [0.717, 1.165) is 48.3 Å². The van der Waals surface area contributed by atoms with Gasteiger partial charge in [-0.05, 0) is 55.9 Å². The number of amides is 1. The number of nitrogens with zero attached hydrogens (tertiary/aromatic N) is 4. The minimum absolute atomic E-state index is 0.0193. The Morgan fingerprint density at radius 3 is 2.89 bits per heavy atom. The summed E-state index contributed by atoms with van der Waals surface area (Å²) < 4.78 is 7.15. The summed E-state index contributed by atoms with van der Waals surface area (Å²) in [4.78, 5) is 17.1. The van der Waals surface area contributed by atoms with Crippen LogP contribution in [0.1, 0.15) is 64.2 Å². The molecular formula is C20H21N5O2. The smallest absolute Gasteiger partial charge is 0.257 e. The highest BCUT2D eigenvalue weighted by molar-refractivity contribution is 5.95. The van der Waals surface area contributed by atoms with E-state index in [1.54, 1.807) is 10.9 Å². The van der Waals surface area contributed by atoms with Crippen molar-refractivity contribution in [3.05, 3.63) is 52.6 Å². The van der Waals surface area contributed by atoms with E-state index < -0.39 is 0 Å². The number of hydrogen-bond acceptors (Lipinski definition) is 5. The molecule has 0 unspecified atom stereocenters. The van der Waals surface area contributed by atoms with Gasteiger partial charge in [0.2, 0.25) is 0 Å². The van der Waals surface area contributed by atoms with E-state index in [9.17, 15) is 4.79 Å². The molecule has 3 aromatic rings. The summed E-state index contributed by atoms with van der Waals surface area (Å²) in [6, 6.07) is 6.20. The third kappa shape index (κ3) is 2.83. The lowest BCUT2D eigenvalue weighted by Gasteiger charge is -2.14. The molecule has 27 heavy (non-hydrogen) atoms. The Morgan fingerprint density at radius 1 is 1.30 bits per heavy atom. The minimum Gasteiger partial charge on any atom is -0.345 e. The number of rotatable bonds is 4. The zero-order valence-electron chi connectivity index (χ0n) is 15.4. The van der Waals surface area contributed by atoms with Gasteiger partial charge in [0.1, 0.15) is 0 Å². The second-order valence-electron chi connectivity index (χ2n) is 7.48. The van der Waals surface area contributed by atoms with E-state index >= 15 is 0 Å². The van der Waals surface area contributed by atoms with Gasteiger partial charge in [-0.1, -0.05) is 11.2 Å². The Morgan fingerprint density at radius 2 is 2.15 bits per heavy atom. The lowest BCUT2D eigenvalue weighted by Crippen LogP contribution is -2.27. The maximum Gasteiger partial charge on any atom is 0.257 e. The zero-order valence-corrected chi connectivity index (χ0v) is 15.4. The molecule has 2 aromatic heterocycles. The minimum atomic E-state index is -0.0755. The van der Waals surface area contributed by atoms with Gasteiger partial charge in [0.25, 0.3) is 11.8 Å². The quantitative estimate of drug-likeness (QED) is 0.770. The Bertz CT molecular complexity index is 1030. The van der Waals surface area contributed by atoms with E-state index in [2.05, 4.69) is 32.7 Å². The fourth-order valence-electron chi connectivity index (χ4n) is 3.72. The summed E-state index contributed by atoms with van der Waals surface area (Å²) in [6.45, 7) is 1.90. The van der Waals surface area contributed by atoms with Crippen molar-refractivity contribution in [2.24, 2.45) is 7.05 Å². The van der Waals surface area contributed by atoms with Crippen molar-refractivity contribution in [2.75, 3.05) is 0 Å². The topological polar surface area (TPSA) is 85.8 Å². The van der Waals surface area contributed by atoms with Gasteiger partial charge in [-0.15, -0.1) is 0 Å². The van der Waals surface area contributed by atoms with Crippen LogP contribution >= 0.6 is 0 Å². The van der Waals surface area contributed by atoms with Gasteiger partial charge in [0.05, 0.1) is 17.8 Å². The number of fused-ring (bicyclic) bond motifs is 1. The van der Waals surface area contributed by atoms with Crippen LogP contribution in [0.25, 0.3) is 11.5 Å². The van der Waals surface area contributed by atoms with E-state index in [4.69, 9.17) is 4.52 Å². The molecule has 0 aliphatic heterocycles. The van der Waals surface area contributed by atoms with E-state index in [0.29, 0.717) is 17.4 Å².